The van der Waals surface area contributed by atoms with Crippen LogP contribution < -0.4 is 11.1 Å². The highest BCUT2D eigenvalue weighted by molar-refractivity contribution is 7.21. The van der Waals surface area contributed by atoms with E-state index in [1.54, 1.807) is 12.4 Å². The molecule has 0 aliphatic rings. The van der Waals surface area contributed by atoms with Gasteiger partial charge in [-0.1, -0.05) is 13.8 Å². The average molecular weight is 308 g/mol. The monoisotopic (exact) mass is 308 g/mol. The summed E-state index contributed by atoms with van der Waals surface area (Å²) < 4.78 is 5.42. The average Bonchev–Trinajstić information content (AvgIpc) is 2.81. The number of nitrogens with one attached hydrogen (secondary N) is 1. The van der Waals surface area contributed by atoms with Crippen LogP contribution in [0, 0.1) is 5.92 Å². The van der Waals surface area contributed by atoms with Crippen molar-refractivity contribution in [2.45, 2.75) is 26.8 Å². The fourth-order valence-corrected chi connectivity index (χ4v) is 2.82. The number of carbonyl (C=O) groups excluding carboxylic acids is 1. The molecule has 0 saturated carbocycles. The number of hydrogen-bond donors (Lipinski definition) is 2. The predicted octanol–water partition coefficient (Wildman–Crippen LogP) is 2.06. The Kier molecular flexibility index (Phi) is 5.08. The molecule has 0 radical (unpaired) electrons. The highest BCUT2D eigenvalue weighted by Gasteiger charge is 2.22. The molecule has 0 bridgehead atoms. The van der Waals surface area contributed by atoms with E-state index in [2.05, 4.69) is 15.3 Å². The SMILES string of the molecule is CCOCC(NC(=O)c1sc2nccnc2c1N)C(C)C. The van der Waals surface area contributed by atoms with Gasteiger partial charge in [0.15, 0.2) is 0 Å². The molecule has 2 aromatic rings. The third-order valence-electron chi connectivity index (χ3n) is 3.19. The number of hydrogen-bond acceptors (Lipinski definition) is 6. The third kappa shape index (κ3) is 3.48. The Morgan fingerprint density at radius 1 is 1.43 bits per heavy atom. The molecule has 0 saturated heterocycles. The number of fused-ring (bicyclic) bond motifs is 1. The van der Waals surface area contributed by atoms with Gasteiger partial charge >= 0.3 is 0 Å². The zero-order valence-electron chi connectivity index (χ0n) is 12.4. The molecule has 0 aliphatic heterocycles. The molecule has 2 aromatic heterocycles. The number of aromatic nitrogens is 2. The van der Waals surface area contributed by atoms with E-state index >= 15 is 0 Å². The van der Waals surface area contributed by atoms with Crippen LogP contribution in [0.2, 0.25) is 0 Å². The molecule has 7 heteroatoms. The summed E-state index contributed by atoms with van der Waals surface area (Å²) in [4.78, 5) is 21.9. The van der Waals surface area contributed by atoms with Gasteiger partial charge in [0.25, 0.3) is 5.91 Å². The molecule has 1 unspecified atom stereocenters. The van der Waals surface area contributed by atoms with E-state index in [4.69, 9.17) is 10.5 Å². The largest absolute Gasteiger partial charge is 0.396 e. The first kappa shape index (κ1) is 15.7. The lowest BCUT2D eigenvalue weighted by Crippen LogP contribution is -2.41. The number of amides is 1. The molecular weight excluding hydrogens is 288 g/mol. The lowest BCUT2D eigenvalue weighted by atomic mass is 10.1. The number of rotatable bonds is 6. The first-order valence-electron chi connectivity index (χ1n) is 6.92. The Bertz CT molecular complexity index is 626. The summed E-state index contributed by atoms with van der Waals surface area (Å²) in [6.07, 6.45) is 3.16. The van der Waals surface area contributed by atoms with Gasteiger partial charge in [0.2, 0.25) is 0 Å². The molecule has 0 fully saturated rings. The first-order valence-corrected chi connectivity index (χ1v) is 7.73. The van der Waals surface area contributed by atoms with Gasteiger partial charge in [-0.05, 0) is 12.8 Å². The summed E-state index contributed by atoms with van der Waals surface area (Å²) in [6, 6.07) is -0.0528. The minimum atomic E-state index is -0.198. The lowest BCUT2D eigenvalue weighted by molar-refractivity contribution is 0.0810. The molecule has 0 aliphatic carbocycles. The van der Waals surface area contributed by atoms with Crippen LogP contribution in [0.25, 0.3) is 10.3 Å². The standard InChI is InChI=1S/C14H20N4O2S/c1-4-20-7-9(8(2)3)18-13(19)12-10(15)11-14(21-12)17-6-5-16-11/h5-6,8-9H,4,7,15H2,1-3H3,(H,18,19). The number of nitrogens with zero attached hydrogens (tertiary/aromatic N) is 2. The number of nitrogens with two attached hydrogens (primary N) is 1. The van der Waals surface area contributed by atoms with E-state index < -0.39 is 0 Å². The zero-order chi connectivity index (χ0) is 15.4. The maximum atomic E-state index is 12.4. The summed E-state index contributed by atoms with van der Waals surface area (Å²) in [5.74, 6) is 0.0723. The van der Waals surface area contributed by atoms with Crippen molar-refractivity contribution in [1.29, 1.82) is 0 Å². The molecule has 0 aromatic carbocycles. The van der Waals surface area contributed by atoms with E-state index in [-0.39, 0.29) is 17.9 Å². The molecular formula is C14H20N4O2S. The van der Waals surface area contributed by atoms with Gasteiger partial charge < -0.3 is 15.8 Å². The van der Waals surface area contributed by atoms with Crippen LogP contribution in [0.1, 0.15) is 30.4 Å². The number of carbonyl (C=O) groups is 1. The van der Waals surface area contributed by atoms with Gasteiger partial charge in [-0.15, -0.1) is 11.3 Å². The van der Waals surface area contributed by atoms with Crippen molar-refractivity contribution in [3.8, 4) is 0 Å². The Balaban J connectivity index is 2.19. The molecule has 21 heavy (non-hydrogen) atoms. The molecule has 6 nitrogen and oxygen atoms in total. The van der Waals surface area contributed by atoms with Gasteiger partial charge in [0.1, 0.15) is 15.2 Å². The second-order valence-electron chi connectivity index (χ2n) is 5.04. The number of anilines is 1. The van der Waals surface area contributed by atoms with E-state index in [1.807, 2.05) is 20.8 Å². The minimum Gasteiger partial charge on any atom is -0.396 e. The summed E-state index contributed by atoms with van der Waals surface area (Å²) in [5.41, 5.74) is 6.98. The Morgan fingerprint density at radius 2 is 2.14 bits per heavy atom. The zero-order valence-corrected chi connectivity index (χ0v) is 13.2. The highest BCUT2D eigenvalue weighted by atomic mass is 32.1. The van der Waals surface area contributed by atoms with Crippen LogP contribution in [0.15, 0.2) is 12.4 Å². The summed E-state index contributed by atoms with van der Waals surface area (Å²) in [6.45, 7) is 7.13. The van der Waals surface area contributed by atoms with Crippen LogP contribution in [-0.2, 0) is 4.74 Å². The normalized spacial score (nSPS) is 12.8. The molecule has 0 spiro atoms. The smallest absolute Gasteiger partial charge is 0.263 e. The lowest BCUT2D eigenvalue weighted by Gasteiger charge is -2.21. The topological polar surface area (TPSA) is 90.1 Å². The second-order valence-corrected chi connectivity index (χ2v) is 6.04. The van der Waals surface area contributed by atoms with Crippen molar-refractivity contribution in [2.75, 3.05) is 18.9 Å². The number of ether oxygens (including phenoxy) is 1. The Labute approximate surface area is 127 Å². The molecule has 3 N–H and O–H groups in total. The minimum absolute atomic E-state index is 0.0528. The molecule has 1 atom stereocenters. The van der Waals surface area contributed by atoms with E-state index in [1.165, 1.54) is 11.3 Å². The van der Waals surface area contributed by atoms with Crippen LogP contribution in [0.4, 0.5) is 5.69 Å². The van der Waals surface area contributed by atoms with Crippen molar-refractivity contribution in [3.63, 3.8) is 0 Å². The molecule has 1 amide bonds. The molecule has 114 valence electrons. The Hall–Kier alpha value is -1.73. The van der Waals surface area contributed by atoms with Crippen LogP contribution in [0.3, 0.4) is 0 Å². The fourth-order valence-electron chi connectivity index (χ4n) is 1.89. The van der Waals surface area contributed by atoms with Crippen LogP contribution in [-0.4, -0.2) is 35.1 Å². The van der Waals surface area contributed by atoms with E-state index in [9.17, 15) is 4.79 Å². The molecule has 2 rings (SSSR count). The van der Waals surface area contributed by atoms with Crippen molar-refractivity contribution < 1.29 is 9.53 Å². The van der Waals surface area contributed by atoms with Gasteiger partial charge in [0, 0.05) is 19.0 Å². The van der Waals surface area contributed by atoms with Gasteiger partial charge in [-0.3, -0.25) is 4.79 Å². The van der Waals surface area contributed by atoms with Gasteiger partial charge in [0.05, 0.1) is 18.3 Å². The van der Waals surface area contributed by atoms with Crippen LogP contribution >= 0.6 is 11.3 Å². The van der Waals surface area contributed by atoms with E-state index in [0.717, 1.165) is 0 Å². The summed E-state index contributed by atoms with van der Waals surface area (Å²) in [5, 5.41) is 2.98. The van der Waals surface area contributed by atoms with Gasteiger partial charge in [-0.2, -0.15) is 0 Å². The fraction of sp³-hybridized carbons (Fsp3) is 0.500. The highest BCUT2D eigenvalue weighted by Crippen LogP contribution is 2.30. The Morgan fingerprint density at radius 3 is 2.76 bits per heavy atom. The van der Waals surface area contributed by atoms with Crippen molar-refractivity contribution in [1.82, 2.24) is 15.3 Å². The predicted molar refractivity (Wildman–Crippen MR) is 84.4 cm³/mol. The van der Waals surface area contributed by atoms with Gasteiger partial charge in [-0.25, -0.2) is 9.97 Å². The third-order valence-corrected chi connectivity index (χ3v) is 4.29. The van der Waals surface area contributed by atoms with Crippen molar-refractivity contribution in [2.24, 2.45) is 5.92 Å². The van der Waals surface area contributed by atoms with Crippen molar-refractivity contribution >= 4 is 33.3 Å². The van der Waals surface area contributed by atoms with Crippen LogP contribution in [0.5, 0.6) is 0 Å². The maximum absolute atomic E-state index is 12.4. The number of thiophene rings is 1. The summed E-state index contributed by atoms with van der Waals surface area (Å²) in [7, 11) is 0. The first-order chi connectivity index (χ1) is 10.0. The maximum Gasteiger partial charge on any atom is 0.263 e. The van der Waals surface area contributed by atoms with E-state index in [0.29, 0.717) is 34.1 Å². The second kappa shape index (κ2) is 6.82. The quantitative estimate of drug-likeness (QED) is 0.852. The van der Waals surface area contributed by atoms with Crippen molar-refractivity contribution in [3.05, 3.63) is 17.3 Å². The molecule has 2 heterocycles. The number of nitrogen functional groups attached to an aromatic ring is 1. The summed E-state index contributed by atoms with van der Waals surface area (Å²) >= 11 is 1.26.